The predicted molar refractivity (Wildman–Crippen MR) is 75.7 cm³/mol. The molecule has 0 saturated carbocycles. The van der Waals surface area contributed by atoms with E-state index in [-0.39, 0.29) is 5.92 Å². The molecular formula is C14H15BrN2O. The Bertz CT molecular complexity index is 590. The Kier molecular flexibility index (Phi) is 3.22. The van der Waals surface area contributed by atoms with Crippen molar-refractivity contribution in [3.63, 3.8) is 0 Å². The lowest BCUT2D eigenvalue weighted by atomic mass is 9.91. The fourth-order valence-electron chi connectivity index (χ4n) is 2.58. The second-order valence-corrected chi connectivity index (χ2v) is 5.74. The number of benzene rings is 1. The van der Waals surface area contributed by atoms with Gasteiger partial charge in [0.25, 0.3) is 0 Å². The van der Waals surface area contributed by atoms with Gasteiger partial charge in [0.05, 0.1) is 0 Å². The normalized spacial score (nSPS) is 20.5. The van der Waals surface area contributed by atoms with Gasteiger partial charge in [0.1, 0.15) is 5.78 Å². The SMILES string of the molecule is O=C1CCNCC1Cc1c[nH]c2ccc(Br)cc12. The summed E-state index contributed by atoms with van der Waals surface area (Å²) in [6.45, 7) is 1.63. The molecule has 2 aromatic rings. The Hall–Kier alpha value is -1.13. The summed E-state index contributed by atoms with van der Waals surface area (Å²) < 4.78 is 1.07. The van der Waals surface area contributed by atoms with Crippen LogP contribution in [-0.2, 0) is 11.2 Å². The van der Waals surface area contributed by atoms with E-state index >= 15 is 0 Å². The number of H-pyrrole nitrogens is 1. The molecule has 0 amide bonds. The first kappa shape index (κ1) is 11.9. The zero-order valence-corrected chi connectivity index (χ0v) is 11.6. The summed E-state index contributed by atoms with van der Waals surface area (Å²) in [5.41, 5.74) is 2.36. The largest absolute Gasteiger partial charge is 0.361 e. The van der Waals surface area contributed by atoms with Gasteiger partial charge in [0.15, 0.2) is 0 Å². The van der Waals surface area contributed by atoms with E-state index in [4.69, 9.17) is 0 Å². The standard InChI is InChI=1S/C14H15BrN2O/c15-11-1-2-13-12(6-11)9(8-17-13)5-10-7-16-4-3-14(10)18/h1-2,6,8,10,16-17H,3-5,7H2. The van der Waals surface area contributed by atoms with E-state index in [9.17, 15) is 4.79 Å². The maximum absolute atomic E-state index is 11.9. The number of hydrogen-bond acceptors (Lipinski definition) is 2. The molecule has 1 unspecified atom stereocenters. The van der Waals surface area contributed by atoms with Gasteiger partial charge < -0.3 is 10.3 Å². The minimum Gasteiger partial charge on any atom is -0.361 e. The molecular weight excluding hydrogens is 292 g/mol. The topological polar surface area (TPSA) is 44.9 Å². The molecule has 0 radical (unpaired) electrons. The van der Waals surface area contributed by atoms with Crippen LogP contribution in [0, 0.1) is 5.92 Å². The Labute approximate surface area is 114 Å². The molecule has 2 heterocycles. The maximum Gasteiger partial charge on any atom is 0.138 e. The number of aromatic amines is 1. The first-order valence-corrected chi connectivity index (χ1v) is 7.02. The highest BCUT2D eigenvalue weighted by Gasteiger charge is 2.23. The van der Waals surface area contributed by atoms with Gasteiger partial charge in [-0.25, -0.2) is 0 Å². The summed E-state index contributed by atoms with van der Waals surface area (Å²) in [7, 11) is 0. The third-order valence-electron chi connectivity index (χ3n) is 3.59. The highest BCUT2D eigenvalue weighted by Crippen LogP contribution is 2.25. The Morgan fingerprint density at radius 1 is 1.39 bits per heavy atom. The molecule has 1 aliphatic heterocycles. The minimum absolute atomic E-state index is 0.122. The number of rotatable bonds is 2. The summed E-state index contributed by atoms with van der Waals surface area (Å²) >= 11 is 3.50. The van der Waals surface area contributed by atoms with Crippen molar-refractivity contribution < 1.29 is 4.79 Å². The van der Waals surface area contributed by atoms with Crippen LogP contribution < -0.4 is 5.32 Å². The third kappa shape index (κ3) is 2.22. The minimum atomic E-state index is 0.122. The summed E-state index contributed by atoms with van der Waals surface area (Å²) in [6.07, 6.45) is 3.51. The van der Waals surface area contributed by atoms with Crippen LogP contribution in [-0.4, -0.2) is 23.9 Å². The molecule has 0 bridgehead atoms. The number of nitrogens with one attached hydrogen (secondary N) is 2. The number of aromatic nitrogens is 1. The van der Waals surface area contributed by atoms with Gasteiger partial charge in [-0.1, -0.05) is 15.9 Å². The Morgan fingerprint density at radius 2 is 2.28 bits per heavy atom. The number of ketones is 1. The number of halogens is 1. The fraction of sp³-hybridized carbons (Fsp3) is 0.357. The van der Waals surface area contributed by atoms with Crippen molar-refractivity contribution in [2.45, 2.75) is 12.8 Å². The van der Waals surface area contributed by atoms with E-state index in [0.717, 1.165) is 29.5 Å². The number of carbonyl (C=O) groups is 1. The number of Topliss-reactive ketones (excluding diaryl/α,β-unsaturated/α-hetero) is 1. The number of fused-ring (bicyclic) bond motifs is 1. The van der Waals surface area contributed by atoms with Crippen LogP contribution in [0.25, 0.3) is 10.9 Å². The Morgan fingerprint density at radius 3 is 3.11 bits per heavy atom. The monoisotopic (exact) mass is 306 g/mol. The molecule has 2 N–H and O–H groups in total. The van der Waals surface area contributed by atoms with Crippen LogP contribution in [0.4, 0.5) is 0 Å². The number of hydrogen-bond donors (Lipinski definition) is 2. The van der Waals surface area contributed by atoms with Crippen molar-refractivity contribution in [2.24, 2.45) is 5.92 Å². The zero-order valence-electron chi connectivity index (χ0n) is 10.0. The highest BCUT2D eigenvalue weighted by molar-refractivity contribution is 9.10. The fourth-order valence-corrected chi connectivity index (χ4v) is 2.94. The molecule has 1 atom stereocenters. The molecule has 0 spiro atoms. The van der Waals surface area contributed by atoms with Gasteiger partial charge in [-0.3, -0.25) is 4.79 Å². The van der Waals surface area contributed by atoms with E-state index in [0.29, 0.717) is 12.2 Å². The zero-order chi connectivity index (χ0) is 12.5. The van der Waals surface area contributed by atoms with Gasteiger partial charge in [-0.2, -0.15) is 0 Å². The van der Waals surface area contributed by atoms with E-state index in [1.54, 1.807) is 0 Å². The van der Waals surface area contributed by atoms with Gasteiger partial charge in [0, 0.05) is 47.0 Å². The van der Waals surface area contributed by atoms with Crippen LogP contribution in [0.5, 0.6) is 0 Å². The van der Waals surface area contributed by atoms with E-state index in [1.165, 1.54) is 10.9 Å². The second-order valence-electron chi connectivity index (χ2n) is 4.83. The highest BCUT2D eigenvalue weighted by atomic mass is 79.9. The van der Waals surface area contributed by atoms with Crippen molar-refractivity contribution in [3.8, 4) is 0 Å². The first-order valence-electron chi connectivity index (χ1n) is 6.23. The molecule has 94 valence electrons. The second kappa shape index (κ2) is 4.86. The molecule has 18 heavy (non-hydrogen) atoms. The average Bonchev–Trinajstić information content (AvgIpc) is 2.75. The molecule has 1 saturated heterocycles. The summed E-state index contributed by atoms with van der Waals surface area (Å²) in [5.74, 6) is 0.509. The van der Waals surface area contributed by atoms with Crippen LogP contribution >= 0.6 is 15.9 Å². The van der Waals surface area contributed by atoms with Gasteiger partial charge in [-0.15, -0.1) is 0 Å². The average molecular weight is 307 g/mol. The molecule has 0 aliphatic carbocycles. The van der Waals surface area contributed by atoms with Crippen molar-refractivity contribution in [2.75, 3.05) is 13.1 Å². The molecule has 4 heteroatoms. The molecule has 1 aromatic heterocycles. The molecule has 1 aliphatic rings. The van der Waals surface area contributed by atoms with E-state index < -0.39 is 0 Å². The Balaban J connectivity index is 1.90. The lowest BCUT2D eigenvalue weighted by Crippen LogP contribution is -2.37. The maximum atomic E-state index is 11.9. The summed E-state index contributed by atoms with van der Waals surface area (Å²) in [5, 5.41) is 4.51. The van der Waals surface area contributed by atoms with Crippen molar-refractivity contribution in [3.05, 3.63) is 34.4 Å². The third-order valence-corrected chi connectivity index (χ3v) is 4.08. The molecule has 1 aromatic carbocycles. The van der Waals surface area contributed by atoms with Gasteiger partial charge in [0.2, 0.25) is 0 Å². The van der Waals surface area contributed by atoms with Crippen molar-refractivity contribution >= 4 is 32.6 Å². The number of carbonyl (C=O) groups excluding carboxylic acids is 1. The van der Waals surface area contributed by atoms with Crippen molar-refractivity contribution in [1.82, 2.24) is 10.3 Å². The van der Waals surface area contributed by atoms with Gasteiger partial charge >= 0.3 is 0 Å². The van der Waals surface area contributed by atoms with Crippen LogP contribution in [0.2, 0.25) is 0 Å². The summed E-state index contributed by atoms with van der Waals surface area (Å²) in [4.78, 5) is 15.1. The predicted octanol–water partition coefficient (Wildman–Crippen LogP) is 2.65. The smallest absolute Gasteiger partial charge is 0.138 e. The van der Waals surface area contributed by atoms with Crippen LogP contribution in [0.15, 0.2) is 28.9 Å². The number of piperidine rings is 1. The summed E-state index contributed by atoms with van der Waals surface area (Å²) in [6, 6.07) is 6.20. The molecule has 3 rings (SSSR count). The van der Waals surface area contributed by atoms with Crippen LogP contribution in [0.1, 0.15) is 12.0 Å². The van der Waals surface area contributed by atoms with Crippen LogP contribution in [0.3, 0.4) is 0 Å². The van der Waals surface area contributed by atoms with Crippen molar-refractivity contribution in [1.29, 1.82) is 0 Å². The van der Waals surface area contributed by atoms with E-state index in [2.05, 4.69) is 38.4 Å². The molecule has 3 nitrogen and oxygen atoms in total. The lowest BCUT2D eigenvalue weighted by molar-refractivity contribution is -0.123. The molecule has 1 fully saturated rings. The quantitative estimate of drug-likeness (QED) is 0.896. The van der Waals surface area contributed by atoms with E-state index in [1.807, 2.05) is 12.3 Å². The first-order chi connectivity index (χ1) is 8.74. The van der Waals surface area contributed by atoms with Gasteiger partial charge in [-0.05, 0) is 30.2 Å². The lowest BCUT2D eigenvalue weighted by Gasteiger charge is -2.21.